The molecule has 0 unspecified atom stereocenters. The van der Waals surface area contributed by atoms with Gasteiger partial charge in [0.15, 0.2) is 6.61 Å². The molecule has 2 aliphatic heterocycles. The number of carbonyl (C=O) groups excluding carboxylic acids is 2. The molecule has 2 heterocycles. The van der Waals surface area contributed by atoms with Crippen LogP contribution in [0.2, 0.25) is 5.02 Å². The Hall–Kier alpha value is -2.66. The molecular formula is C26H30BrClN4O5. The van der Waals surface area contributed by atoms with E-state index in [1.165, 1.54) is 0 Å². The molecule has 37 heavy (non-hydrogen) atoms. The van der Waals surface area contributed by atoms with E-state index < -0.39 is 6.10 Å². The Labute approximate surface area is 229 Å². The second kappa shape index (κ2) is 13.2. The van der Waals surface area contributed by atoms with E-state index in [1.807, 2.05) is 30.3 Å². The van der Waals surface area contributed by atoms with E-state index in [0.29, 0.717) is 49.0 Å². The number of aliphatic hydroxyl groups is 1. The summed E-state index contributed by atoms with van der Waals surface area (Å²) in [5.41, 5.74) is 4.03. The maximum Gasteiger partial charge on any atom is 0.260 e. The Kier molecular flexibility index (Phi) is 9.79. The summed E-state index contributed by atoms with van der Waals surface area (Å²) in [4.78, 5) is 25.7. The number of likely N-dealkylation sites (tertiary alicyclic amines) is 1. The second-order valence-electron chi connectivity index (χ2n) is 9.01. The SMILES string of the molecule is O=C1CCC(c2ccc(OCC(=O)N3CCC(NC[C@H](O)COc4ccc(Br)cc4)CC3)c(Cl)c2)=NN1. The van der Waals surface area contributed by atoms with Gasteiger partial charge in [-0.3, -0.25) is 9.59 Å². The lowest BCUT2D eigenvalue weighted by molar-refractivity contribution is -0.134. The highest BCUT2D eigenvalue weighted by Crippen LogP contribution is 2.27. The molecule has 9 nitrogen and oxygen atoms in total. The number of halogens is 2. The smallest absolute Gasteiger partial charge is 0.260 e. The third-order valence-electron chi connectivity index (χ3n) is 6.27. The van der Waals surface area contributed by atoms with Gasteiger partial charge in [-0.25, -0.2) is 5.43 Å². The van der Waals surface area contributed by atoms with Gasteiger partial charge in [0.1, 0.15) is 24.2 Å². The van der Waals surface area contributed by atoms with Crippen LogP contribution in [-0.2, 0) is 9.59 Å². The molecule has 2 aliphatic rings. The van der Waals surface area contributed by atoms with Crippen molar-refractivity contribution in [3.63, 3.8) is 0 Å². The van der Waals surface area contributed by atoms with Gasteiger partial charge >= 0.3 is 0 Å². The van der Waals surface area contributed by atoms with Crippen LogP contribution < -0.4 is 20.2 Å². The number of amides is 2. The predicted molar refractivity (Wildman–Crippen MR) is 144 cm³/mol. The minimum absolute atomic E-state index is 0.0964. The Balaban J connectivity index is 1.15. The first-order chi connectivity index (χ1) is 17.9. The number of ether oxygens (including phenoxy) is 2. The van der Waals surface area contributed by atoms with Crippen LogP contribution in [0.3, 0.4) is 0 Å². The van der Waals surface area contributed by atoms with Crippen molar-refractivity contribution in [1.29, 1.82) is 0 Å². The normalized spacial score (nSPS) is 17.1. The minimum atomic E-state index is -0.628. The number of benzene rings is 2. The number of aliphatic hydroxyl groups excluding tert-OH is 1. The van der Waals surface area contributed by atoms with Gasteiger partial charge in [0.25, 0.3) is 5.91 Å². The zero-order valence-corrected chi connectivity index (χ0v) is 22.6. The van der Waals surface area contributed by atoms with Gasteiger partial charge in [-0.05, 0) is 60.9 Å². The van der Waals surface area contributed by atoms with Crippen molar-refractivity contribution in [2.45, 2.75) is 37.8 Å². The molecule has 0 bridgehead atoms. The van der Waals surface area contributed by atoms with Gasteiger partial charge in [0, 0.05) is 43.0 Å². The number of nitrogens with zero attached hydrogens (tertiary/aromatic N) is 2. The van der Waals surface area contributed by atoms with Gasteiger partial charge in [0.2, 0.25) is 5.91 Å². The summed E-state index contributed by atoms with van der Waals surface area (Å²) in [5.74, 6) is 0.936. The molecule has 1 atom stereocenters. The monoisotopic (exact) mass is 592 g/mol. The number of hydrogen-bond donors (Lipinski definition) is 3. The van der Waals surface area contributed by atoms with Gasteiger partial charge in [0.05, 0.1) is 10.7 Å². The minimum Gasteiger partial charge on any atom is -0.491 e. The lowest BCUT2D eigenvalue weighted by Crippen LogP contribution is -2.48. The van der Waals surface area contributed by atoms with E-state index in [9.17, 15) is 14.7 Å². The van der Waals surface area contributed by atoms with Crippen molar-refractivity contribution in [1.82, 2.24) is 15.6 Å². The lowest BCUT2D eigenvalue weighted by atomic mass is 10.0. The van der Waals surface area contributed by atoms with Crippen molar-refractivity contribution in [3.8, 4) is 11.5 Å². The average Bonchev–Trinajstić information content (AvgIpc) is 2.91. The van der Waals surface area contributed by atoms with Crippen molar-refractivity contribution in [2.75, 3.05) is 32.8 Å². The molecular weight excluding hydrogens is 564 g/mol. The van der Waals surface area contributed by atoms with Crippen molar-refractivity contribution in [2.24, 2.45) is 5.10 Å². The number of carbonyl (C=O) groups is 2. The van der Waals surface area contributed by atoms with Crippen molar-refractivity contribution < 1.29 is 24.2 Å². The Morgan fingerprint density at radius 3 is 2.62 bits per heavy atom. The van der Waals surface area contributed by atoms with Gasteiger partial charge in [-0.1, -0.05) is 27.5 Å². The highest BCUT2D eigenvalue weighted by molar-refractivity contribution is 9.10. The molecule has 1 fully saturated rings. The first-order valence-corrected chi connectivity index (χ1v) is 13.4. The molecule has 3 N–H and O–H groups in total. The Bertz CT molecular complexity index is 1120. The van der Waals surface area contributed by atoms with E-state index in [4.69, 9.17) is 21.1 Å². The van der Waals surface area contributed by atoms with E-state index in [2.05, 4.69) is 31.8 Å². The molecule has 2 aromatic carbocycles. The van der Waals surface area contributed by atoms with Crippen LogP contribution >= 0.6 is 27.5 Å². The first kappa shape index (κ1) is 27.4. The zero-order valence-electron chi connectivity index (χ0n) is 20.3. The number of rotatable bonds is 10. The molecule has 11 heteroatoms. The molecule has 0 spiro atoms. The lowest BCUT2D eigenvalue weighted by Gasteiger charge is -2.33. The van der Waals surface area contributed by atoms with E-state index in [0.717, 1.165) is 28.6 Å². The van der Waals surface area contributed by atoms with E-state index in [1.54, 1.807) is 17.0 Å². The van der Waals surface area contributed by atoms with E-state index in [-0.39, 0.29) is 31.1 Å². The van der Waals surface area contributed by atoms with Crippen LogP contribution in [0.5, 0.6) is 11.5 Å². The third kappa shape index (κ3) is 8.16. The van der Waals surface area contributed by atoms with E-state index >= 15 is 0 Å². The quantitative estimate of drug-likeness (QED) is 0.390. The average molecular weight is 594 g/mol. The summed E-state index contributed by atoms with van der Waals surface area (Å²) in [6.45, 7) is 1.76. The summed E-state index contributed by atoms with van der Waals surface area (Å²) in [6, 6.07) is 13.0. The third-order valence-corrected chi connectivity index (χ3v) is 7.09. The number of hydrogen-bond acceptors (Lipinski definition) is 7. The van der Waals surface area contributed by atoms with Crippen LogP contribution in [0.25, 0.3) is 0 Å². The molecule has 0 aromatic heterocycles. The standard InChI is InChI=1S/C26H30BrClN4O5/c27-18-2-4-21(5-3-18)36-15-20(33)14-29-19-9-11-32(12-10-19)26(35)16-37-24-7-1-17(13-22(24)28)23-6-8-25(34)31-30-23/h1-5,7,13,19-20,29,33H,6,8-12,14-16H2,(H,31,34)/t20-/m0/s1. The Morgan fingerprint density at radius 2 is 1.95 bits per heavy atom. The molecule has 1 saturated heterocycles. The summed E-state index contributed by atoms with van der Waals surface area (Å²) in [5, 5.41) is 18.1. The van der Waals surface area contributed by atoms with Crippen molar-refractivity contribution in [3.05, 3.63) is 57.5 Å². The Morgan fingerprint density at radius 1 is 1.19 bits per heavy atom. The van der Waals surface area contributed by atoms with Crippen LogP contribution in [0.15, 0.2) is 52.0 Å². The van der Waals surface area contributed by atoms with Crippen LogP contribution in [0.4, 0.5) is 0 Å². The predicted octanol–water partition coefficient (Wildman–Crippen LogP) is 3.12. The number of hydrazone groups is 1. The molecule has 198 valence electrons. The summed E-state index contributed by atoms with van der Waals surface area (Å²) < 4.78 is 12.3. The number of nitrogens with one attached hydrogen (secondary N) is 2. The largest absolute Gasteiger partial charge is 0.491 e. The fraction of sp³-hybridized carbons (Fsp3) is 0.423. The van der Waals surface area contributed by atoms with Gasteiger partial charge in [-0.2, -0.15) is 5.10 Å². The fourth-order valence-corrected chi connectivity index (χ4v) is 4.63. The molecule has 0 saturated carbocycles. The first-order valence-electron chi connectivity index (χ1n) is 12.2. The summed E-state index contributed by atoms with van der Waals surface area (Å²) in [7, 11) is 0. The fourth-order valence-electron chi connectivity index (χ4n) is 4.13. The number of piperidine rings is 1. The molecule has 0 aliphatic carbocycles. The highest BCUT2D eigenvalue weighted by Gasteiger charge is 2.24. The van der Waals surface area contributed by atoms with Crippen LogP contribution in [0, 0.1) is 0 Å². The highest BCUT2D eigenvalue weighted by atomic mass is 79.9. The summed E-state index contributed by atoms with van der Waals surface area (Å²) in [6.07, 6.45) is 1.89. The molecule has 2 aromatic rings. The second-order valence-corrected chi connectivity index (χ2v) is 10.3. The van der Waals surface area contributed by atoms with Crippen LogP contribution in [0.1, 0.15) is 31.2 Å². The van der Waals surface area contributed by atoms with Gasteiger partial charge < -0.3 is 24.8 Å². The maximum atomic E-state index is 12.7. The van der Waals surface area contributed by atoms with Gasteiger partial charge in [-0.15, -0.1) is 0 Å². The summed E-state index contributed by atoms with van der Waals surface area (Å²) >= 11 is 9.74. The topological polar surface area (TPSA) is 112 Å². The van der Waals surface area contributed by atoms with Crippen LogP contribution in [-0.4, -0.2) is 72.5 Å². The zero-order chi connectivity index (χ0) is 26.2. The maximum absolute atomic E-state index is 12.7. The van der Waals surface area contributed by atoms with Crippen molar-refractivity contribution >= 4 is 45.1 Å². The molecule has 4 rings (SSSR count). The molecule has 2 amide bonds. The molecule has 0 radical (unpaired) electrons.